The van der Waals surface area contributed by atoms with Gasteiger partial charge in [0.05, 0.1) is 11.1 Å². The number of hydrogen-bond donors (Lipinski definition) is 2. The van der Waals surface area contributed by atoms with Crippen molar-refractivity contribution in [3.05, 3.63) is 75.9 Å². The summed E-state index contributed by atoms with van der Waals surface area (Å²) in [5, 5.41) is 13.6. The first-order valence-corrected chi connectivity index (χ1v) is 11.3. The van der Waals surface area contributed by atoms with Crippen LogP contribution in [0.3, 0.4) is 0 Å². The first-order chi connectivity index (χ1) is 16.4. The number of imide groups is 1. The lowest BCUT2D eigenvalue weighted by molar-refractivity contribution is -0.140. The van der Waals surface area contributed by atoms with Crippen LogP contribution in [0.5, 0.6) is 11.5 Å². The van der Waals surface area contributed by atoms with E-state index >= 15 is 0 Å². The lowest BCUT2D eigenvalue weighted by Gasteiger charge is -2.15. The van der Waals surface area contributed by atoms with Crippen LogP contribution in [0.1, 0.15) is 18.1 Å². The molecule has 3 aromatic rings. The van der Waals surface area contributed by atoms with Crippen molar-refractivity contribution in [2.75, 3.05) is 13.2 Å². The fraction of sp³-hybridized carbons (Fsp3) is 0.160. The molecule has 0 spiro atoms. The number of hydrogen-bond acceptors (Lipinski definition) is 5. The summed E-state index contributed by atoms with van der Waals surface area (Å²) in [5.41, 5.74) is 1.54. The highest BCUT2D eigenvalue weighted by molar-refractivity contribution is 9.10. The van der Waals surface area contributed by atoms with Crippen molar-refractivity contribution in [2.24, 2.45) is 0 Å². The van der Waals surface area contributed by atoms with Crippen LogP contribution in [0.25, 0.3) is 16.8 Å². The van der Waals surface area contributed by atoms with Gasteiger partial charge in [0, 0.05) is 0 Å². The van der Waals surface area contributed by atoms with Crippen LogP contribution in [-0.2, 0) is 16.2 Å². The van der Waals surface area contributed by atoms with E-state index < -0.39 is 24.5 Å². The van der Waals surface area contributed by atoms with Gasteiger partial charge in [-0.25, -0.2) is 9.69 Å². The van der Waals surface area contributed by atoms with Gasteiger partial charge in [0.2, 0.25) is 0 Å². The van der Waals surface area contributed by atoms with E-state index in [0.717, 1.165) is 16.3 Å². The van der Waals surface area contributed by atoms with Crippen molar-refractivity contribution >= 4 is 50.7 Å². The van der Waals surface area contributed by atoms with Crippen LogP contribution in [0, 0.1) is 0 Å². The number of nitrogens with one attached hydrogen (secondary N) is 1. The average molecular weight is 525 g/mol. The van der Waals surface area contributed by atoms with Crippen molar-refractivity contribution in [2.45, 2.75) is 13.5 Å². The number of carboxylic acid groups (broad SMARTS) is 1. The molecule has 0 aliphatic carbocycles. The summed E-state index contributed by atoms with van der Waals surface area (Å²) in [5.74, 6) is -1.02. The van der Waals surface area contributed by atoms with Gasteiger partial charge in [-0.05, 0) is 69.0 Å². The topological polar surface area (TPSA) is 105 Å². The third kappa shape index (κ3) is 5.04. The Morgan fingerprint density at radius 2 is 1.85 bits per heavy atom. The summed E-state index contributed by atoms with van der Waals surface area (Å²) in [4.78, 5) is 35.9. The minimum atomic E-state index is -1.28. The predicted molar refractivity (Wildman–Crippen MR) is 129 cm³/mol. The quantitative estimate of drug-likeness (QED) is 0.330. The molecule has 8 nitrogen and oxygen atoms in total. The molecule has 0 saturated carbocycles. The van der Waals surface area contributed by atoms with E-state index in [1.165, 1.54) is 6.08 Å². The SMILES string of the molecule is CCOc1cc(/C=C2/NC(=O)N(CC(=O)O)C2=O)cc(Br)c1OCc1ccc2ccccc2c1. The van der Waals surface area contributed by atoms with E-state index in [9.17, 15) is 14.4 Å². The molecule has 0 atom stereocenters. The molecular weight excluding hydrogens is 504 g/mol. The number of fused-ring (bicyclic) bond motifs is 1. The number of ether oxygens (including phenoxy) is 2. The van der Waals surface area contributed by atoms with Crippen LogP contribution in [0.15, 0.2) is 64.8 Å². The standard InChI is InChI=1S/C25H21BrN2O6/c1-2-33-21-12-16(11-20-24(31)28(13-22(29)30)25(32)27-20)10-19(26)23(21)34-14-15-7-8-17-5-3-4-6-18(17)9-15/h3-12H,2,13-14H2,1H3,(H,27,32)(H,29,30)/b20-11+. The minimum Gasteiger partial charge on any atom is -0.490 e. The molecule has 174 valence electrons. The number of urea groups is 1. The number of halogens is 1. The molecule has 0 bridgehead atoms. The Balaban J connectivity index is 1.57. The second-order valence-electron chi connectivity index (χ2n) is 7.51. The molecule has 1 aliphatic rings. The monoisotopic (exact) mass is 524 g/mol. The molecule has 0 radical (unpaired) electrons. The smallest absolute Gasteiger partial charge is 0.329 e. The highest BCUT2D eigenvalue weighted by atomic mass is 79.9. The normalized spacial score (nSPS) is 14.5. The van der Waals surface area contributed by atoms with Gasteiger partial charge in [0.15, 0.2) is 11.5 Å². The molecule has 1 saturated heterocycles. The van der Waals surface area contributed by atoms with Crippen LogP contribution in [0.2, 0.25) is 0 Å². The molecule has 3 aromatic carbocycles. The van der Waals surface area contributed by atoms with Crippen molar-refractivity contribution < 1.29 is 29.0 Å². The summed E-state index contributed by atoms with van der Waals surface area (Å²) in [6.07, 6.45) is 1.46. The zero-order chi connectivity index (χ0) is 24.2. The van der Waals surface area contributed by atoms with Gasteiger partial charge in [-0.1, -0.05) is 36.4 Å². The van der Waals surface area contributed by atoms with Gasteiger partial charge in [-0.2, -0.15) is 0 Å². The summed E-state index contributed by atoms with van der Waals surface area (Å²) >= 11 is 3.51. The Kier molecular flexibility index (Phi) is 6.83. The molecule has 4 rings (SSSR count). The summed E-state index contributed by atoms with van der Waals surface area (Å²) < 4.78 is 12.4. The number of amides is 3. The highest BCUT2D eigenvalue weighted by Gasteiger charge is 2.34. The molecule has 3 amide bonds. The fourth-order valence-corrected chi connectivity index (χ4v) is 4.15. The second-order valence-corrected chi connectivity index (χ2v) is 8.36. The lowest BCUT2D eigenvalue weighted by atomic mass is 10.1. The number of carbonyl (C=O) groups excluding carboxylic acids is 2. The fourth-order valence-electron chi connectivity index (χ4n) is 3.58. The number of carboxylic acids is 1. The Morgan fingerprint density at radius 3 is 2.59 bits per heavy atom. The number of benzene rings is 3. The largest absolute Gasteiger partial charge is 0.490 e. The molecule has 0 aromatic heterocycles. The first kappa shape index (κ1) is 23.3. The molecule has 1 aliphatic heterocycles. The molecule has 1 heterocycles. The van der Waals surface area contributed by atoms with Gasteiger partial charge < -0.3 is 19.9 Å². The summed E-state index contributed by atoms with van der Waals surface area (Å²) in [7, 11) is 0. The average Bonchev–Trinajstić information content (AvgIpc) is 3.05. The molecule has 2 N–H and O–H groups in total. The zero-order valence-corrected chi connectivity index (χ0v) is 19.8. The maximum Gasteiger partial charge on any atom is 0.329 e. The lowest BCUT2D eigenvalue weighted by Crippen LogP contribution is -2.35. The highest BCUT2D eigenvalue weighted by Crippen LogP contribution is 2.38. The van der Waals surface area contributed by atoms with Crippen LogP contribution < -0.4 is 14.8 Å². The van der Waals surface area contributed by atoms with E-state index in [2.05, 4.69) is 33.4 Å². The van der Waals surface area contributed by atoms with Crippen molar-refractivity contribution in [3.63, 3.8) is 0 Å². The van der Waals surface area contributed by atoms with Crippen LogP contribution in [0.4, 0.5) is 4.79 Å². The first-order valence-electron chi connectivity index (χ1n) is 10.5. The maximum atomic E-state index is 12.4. The molecule has 0 unspecified atom stereocenters. The van der Waals surface area contributed by atoms with Gasteiger partial charge in [-0.15, -0.1) is 0 Å². The van der Waals surface area contributed by atoms with E-state index in [1.54, 1.807) is 12.1 Å². The van der Waals surface area contributed by atoms with Crippen LogP contribution in [-0.4, -0.2) is 41.1 Å². The van der Waals surface area contributed by atoms with Crippen LogP contribution >= 0.6 is 15.9 Å². The number of nitrogens with zero attached hydrogens (tertiary/aromatic N) is 1. The van der Waals surface area contributed by atoms with Gasteiger partial charge in [0.1, 0.15) is 18.8 Å². The van der Waals surface area contributed by atoms with Gasteiger partial charge >= 0.3 is 12.0 Å². The Bertz CT molecular complexity index is 1320. The Morgan fingerprint density at radius 1 is 1.09 bits per heavy atom. The van der Waals surface area contributed by atoms with E-state index in [4.69, 9.17) is 14.6 Å². The molecule has 1 fully saturated rings. The second kappa shape index (κ2) is 9.96. The molecule has 9 heteroatoms. The Labute approximate surface area is 203 Å². The van der Waals surface area contributed by atoms with Crippen molar-refractivity contribution in [1.29, 1.82) is 0 Å². The van der Waals surface area contributed by atoms with Gasteiger partial charge in [0.25, 0.3) is 5.91 Å². The van der Waals surface area contributed by atoms with E-state index in [0.29, 0.717) is 39.6 Å². The van der Waals surface area contributed by atoms with Gasteiger partial charge in [-0.3, -0.25) is 9.59 Å². The third-order valence-electron chi connectivity index (χ3n) is 5.10. The van der Waals surface area contributed by atoms with E-state index in [1.807, 2.05) is 37.3 Å². The summed E-state index contributed by atoms with van der Waals surface area (Å²) in [6, 6.07) is 16.8. The number of carbonyl (C=O) groups is 3. The Hall–Kier alpha value is -3.85. The van der Waals surface area contributed by atoms with E-state index in [-0.39, 0.29) is 5.70 Å². The minimum absolute atomic E-state index is 0.0227. The zero-order valence-electron chi connectivity index (χ0n) is 18.2. The van der Waals surface area contributed by atoms with Crippen molar-refractivity contribution in [1.82, 2.24) is 10.2 Å². The number of aliphatic carboxylic acids is 1. The van der Waals surface area contributed by atoms with Crippen molar-refractivity contribution in [3.8, 4) is 11.5 Å². The maximum absolute atomic E-state index is 12.4. The third-order valence-corrected chi connectivity index (χ3v) is 5.68. The number of rotatable bonds is 8. The molecule has 34 heavy (non-hydrogen) atoms. The molecular formula is C25H21BrN2O6. The predicted octanol–water partition coefficient (Wildman–Crippen LogP) is 4.56. The summed E-state index contributed by atoms with van der Waals surface area (Å²) in [6.45, 7) is 1.84.